The highest BCUT2D eigenvalue weighted by atomic mass is 16.5. The summed E-state index contributed by atoms with van der Waals surface area (Å²) in [6.07, 6.45) is 36.0. The zero-order valence-corrected chi connectivity index (χ0v) is 27.4. The third-order valence-electron chi connectivity index (χ3n) is 7.58. The number of rotatable bonds is 31. The number of carbonyl (C=O) groups is 3. The topological polar surface area (TPSA) is 92.7 Å². The lowest BCUT2D eigenvalue weighted by Gasteiger charge is -2.15. The number of amides is 1. The first-order chi connectivity index (χ1) is 20.5. The number of nitrogens with one attached hydrogen (secondary N) is 1. The van der Waals surface area contributed by atoms with Gasteiger partial charge in [-0.1, -0.05) is 116 Å². The number of carbonyl (C=O) groups excluding carboxylic acids is 2. The van der Waals surface area contributed by atoms with Crippen LogP contribution in [0.15, 0.2) is 24.3 Å². The van der Waals surface area contributed by atoms with E-state index in [4.69, 9.17) is 9.84 Å². The third-order valence-corrected chi connectivity index (χ3v) is 7.58. The van der Waals surface area contributed by atoms with Gasteiger partial charge in [0.15, 0.2) is 0 Å². The number of allylic oxidation sites excluding steroid dienone is 3. The summed E-state index contributed by atoms with van der Waals surface area (Å²) in [5, 5.41) is 11.0. The molecule has 0 rings (SSSR count). The Balaban J connectivity index is 4.07. The second-order valence-corrected chi connectivity index (χ2v) is 11.8. The standard InChI is InChI=1S/C36H65NO5/c1-3-5-7-9-11-12-13-14-15-16-17-18-19-21-27-31-36(41)42-33(28-24-20-10-8-6-4-2)29-25-22-23-26-30-34(38)37-32-35(39)40/h14-15,24,28,33H,3-13,16-23,25-27,29-32H2,1-2H3,(H,37,38)(H,39,40)/b15-14-,28-24-. The van der Waals surface area contributed by atoms with Crippen molar-refractivity contribution in [2.24, 2.45) is 0 Å². The first-order valence-corrected chi connectivity index (χ1v) is 17.5. The maximum absolute atomic E-state index is 12.5. The number of esters is 1. The highest BCUT2D eigenvalue weighted by molar-refractivity contribution is 5.80. The van der Waals surface area contributed by atoms with Crippen LogP contribution in [0.1, 0.15) is 174 Å². The highest BCUT2D eigenvalue weighted by Gasteiger charge is 2.12. The number of carboxylic acids is 1. The SMILES string of the molecule is CCCCCC/C=C\C(CCCCCCC(=O)NCC(=O)O)OC(=O)CCCCCCC/C=C\CCCCCCCC. The lowest BCUT2D eigenvalue weighted by atomic mass is 10.1. The molecule has 1 unspecified atom stereocenters. The molecule has 0 spiro atoms. The first-order valence-electron chi connectivity index (χ1n) is 17.5. The van der Waals surface area contributed by atoms with Crippen LogP contribution in [-0.2, 0) is 19.1 Å². The molecule has 0 saturated heterocycles. The number of aliphatic carboxylic acids is 1. The fourth-order valence-corrected chi connectivity index (χ4v) is 4.95. The van der Waals surface area contributed by atoms with E-state index in [0.717, 1.165) is 51.4 Å². The summed E-state index contributed by atoms with van der Waals surface area (Å²) in [5.74, 6) is -1.34. The molecule has 1 amide bonds. The minimum absolute atomic E-state index is 0.0941. The summed E-state index contributed by atoms with van der Waals surface area (Å²) in [6, 6.07) is 0. The normalized spacial score (nSPS) is 12.2. The molecule has 0 radical (unpaired) electrons. The molecule has 0 aliphatic rings. The Morgan fingerprint density at radius 2 is 1.10 bits per heavy atom. The molecule has 0 aromatic carbocycles. The molecule has 0 bridgehead atoms. The van der Waals surface area contributed by atoms with E-state index in [1.807, 2.05) is 0 Å². The molecule has 42 heavy (non-hydrogen) atoms. The predicted octanol–water partition coefficient (Wildman–Crippen LogP) is 10.0. The summed E-state index contributed by atoms with van der Waals surface area (Å²) in [7, 11) is 0. The number of hydrogen-bond acceptors (Lipinski definition) is 4. The molecule has 244 valence electrons. The Kier molecular flexibility index (Phi) is 30.2. The van der Waals surface area contributed by atoms with Gasteiger partial charge in [0.05, 0.1) is 0 Å². The first kappa shape index (κ1) is 39.9. The van der Waals surface area contributed by atoms with Gasteiger partial charge < -0.3 is 15.2 Å². The van der Waals surface area contributed by atoms with Crippen LogP contribution in [-0.4, -0.2) is 35.6 Å². The zero-order valence-electron chi connectivity index (χ0n) is 27.4. The lowest BCUT2D eigenvalue weighted by Crippen LogP contribution is -2.28. The number of hydrogen-bond donors (Lipinski definition) is 2. The lowest BCUT2D eigenvalue weighted by molar-refractivity contribution is -0.147. The van der Waals surface area contributed by atoms with Crippen molar-refractivity contribution in [1.29, 1.82) is 0 Å². The van der Waals surface area contributed by atoms with Gasteiger partial charge in [0.25, 0.3) is 0 Å². The minimum atomic E-state index is -1.03. The second kappa shape index (κ2) is 31.8. The quantitative estimate of drug-likeness (QED) is 0.0475. The molecule has 0 aromatic heterocycles. The average molecular weight is 592 g/mol. The smallest absolute Gasteiger partial charge is 0.322 e. The fourth-order valence-electron chi connectivity index (χ4n) is 4.95. The maximum atomic E-state index is 12.5. The molecule has 2 N–H and O–H groups in total. The summed E-state index contributed by atoms with van der Waals surface area (Å²) >= 11 is 0. The van der Waals surface area contributed by atoms with Crippen LogP contribution >= 0.6 is 0 Å². The number of ether oxygens (including phenoxy) is 1. The van der Waals surface area contributed by atoms with E-state index in [0.29, 0.717) is 12.8 Å². The summed E-state index contributed by atoms with van der Waals surface area (Å²) < 4.78 is 5.84. The van der Waals surface area contributed by atoms with Gasteiger partial charge in [0.2, 0.25) is 5.91 Å². The maximum Gasteiger partial charge on any atom is 0.322 e. The molecule has 0 heterocycles. The van der Waals surface area contributed by atoms with Crippen molar-refractivity contribution in [2.75, 3.05) is 6.54 Å². The van der Waals surface area contributed by atoms with Crippen LogP contribution in [0, 0.1) is 0 Å². The Morgan fingerprint density at radius 3 is 1.69 bits per heavy atom. The van der Waals surface area contributed by atoms with Gasteiger partial charge in [-0.15, -0.1) is 0 Å². The predicted molar refractivity (Wildman–Crippen MR) is 176 cm³/mol. The van der Waals surface area contributed by atoms with Crippen molar-refractivity contribution in [3.05, 3.63) is 24.3 Å². The molecule has 6 heteroatoms. The van der Waals surface area contributed by atoms with E-state index in [1.54, 1.807) is 0 Å². The van der Waals surface area contributed by atoms with Gasteiger partial charge in [-0.3, -0.25) is 14.4 Å². The Labute approximate surface area is 258 Å². The van der Waals surface area contributed by atoms with Crippen LogP contribution in [0.2, 0.25) is 0 Å². The monoisotopic (exact) mass is 591 g/mol. The molecule has 6 nitrogen and oxygen atoms in total. The van der Waals surface area contributed by atoms with Crippen molar-refractivity contribution >= 4 is 17.8 Å². The van der Waals surface area contributed by atoms with Gasteiger partial charge in [-0.05, 0) is 70.3 Å². The Bertz CT molecular complexity index is 703. The van der Waals surface area contributed by atoms with Gasteiger partial charge in [-0.2, -0.15) is 0 Å². The summed E-state index contributed by atoms with van der Waals surface area (Å²) in [4.78, 5) is 34.7. The molecule has 0 fully saturated rings. The van der Waals surface area contributed by atoms with Crippen molar-refractivity contribution in [3.8, 4) is 0 Å². The van der Waals surface area contributed by atoms with E-state index in [2.05, 4.69) is 43.5 Å². The molecule has 0 aliphatic carbocycles. The van der Waals surface area contributed by atoms with Crippen LogP contribution in [0.25, 0.3) is 0 Å². The summed E-state index contributed by atoms with van der Waals surface area (Å²) in [6.45, 7) is 4.15. The van der Waals surface area contributed by atoms with Crippen molar-refractivity contribution in [3.63, 3.8) is 0 Å². The molecular formula is C36H65NO5. The van der Waals surface area contributed by atoms with E-state index >= 15 is 0 Å². The highest BCUT2D eigenvalue weighted by Crippen LogP contribution is 2.15. The van der Waals surface area contributed by atoms with Crippen molar-refractivity contribution in [1.82, 2.24) is 5.32 Å². The van der Waals surface area contributed by atoms with Crippen LogP contribution < -0.4 is 5.32 Å². The van der Waals surface area contributed by atoms with Crippen LogP contribution in [0.5, 0.6) is 0 Å². The largest absolute Gasteiger partial charge is 0.480 e. The number of carboxylic acid groups (broad SMARTS) is 1. The Morgan fingerprint density at radius 1 is 0.619 bits per heavy atom. The van der Waals surface area contributed by atoms with Gasteiger partial charge in [0.1, 0.15) is 12.6 Å². The molecule has 0 saturated carbocycles. The average Bonchev–Trinajstić information content (AvgIpc) is 2.97. The van der Waals surface area contributed by atoms with Crippen LogP contribution in [0.4, 0.5) is 0 Å². The van der Waals surface area contributed by atoms with E-state index in [9.17, 15) is 14.4 Å². The van der Waals surface area contributed by atoms with E-state index in [1.165, 1.54) is 96.3 Å². The van der Waals surface area contributed by atoms with Crippen molar-refractivity contribution < 1.29 is 24.2 Å². The van der Waals surface area contributed by atoms with E-state index < -0.39 is 5.97 Å². The molecular weight excluding hydrogens is 526 g/mol. The zero-order chi connectivity index (χ0) is 30.9. The van der Waals surface area contributed by atoms with E-state index in [-0.39, 0.29) is 24.5 Å². The Hall–Kier alpha value is -2.11. The minimum Gasteiger partial charge on any atom is -0.480 e. The fraction of sp³-hybridized carbons (Fsp3) is 0.806. The molecule has 0 aromatic rings. The molecule has 1 atom stereocenters. The second-order valence-electron chi connectivity index (χ2n) is 11.8. The van der Waals surface area contributed by atoms with Gasteiger partial charge in [-0.25, -0.2) is 0 Å². The third kappa shape index (κ3) is 30.8. The van der Waals surface area contributed by atoms with Crippen LogP contribution in [0.3, 0.4) is 0 Å². The summed E-state index contributed by atoms with van der Waals surface area (Å²) in [5.41, 5.74) is 0. The van der Waals surface area contributed by atoms with Crippen molar-refractivity contribution in [2.45, 2.75) is 180 Å². The van der Waals surface area contributed by atoms with Gasteiger partial charge in [0, 0.05) is 12.8 Å². The van der Waals surface area contributed by atoms with Gasteiger partial charge >= 0.3 is 11.9 Å². The number of unbranched alkanes of at least 4 members (excludes halogenated alkanes) is 18. The molecule has 0 aliphatic heterocycles.